The van der Waals surface area contributed by atoms with Gasteiger partial charge in [0.1, 0.15) is 0 Å². The zero-order chi connectivity index (χ0) is 20.9. The third-order valence-electron chi connectivity index (χ3n) is 4.27. The zero-order valence-corrected chi connectivity index (χ0v) is 16.6. The fourth-order valence-corrected chi connectivity index (χ4v) is 4.40. The number of nitriles is 1. The van der Waals surface area contributed by atoms with Gasteiger partial charge in [0.15, 0.2) is 0 Å². The topological polar surface area (TPSA) is 90.3 Å². The van der Waals surface area contributed by atoms with Gasteiger partial charge in [0.2, 0.25) is 0 Å². The molecule has 1 N–H and O–H groups in total. The number of nitrogens with zero attached hydrogens (tertiary/aromatic N) is 2. The van der Waals surface area contributed by atoms with Crippen molar-refractivity contribution in [2.75, 3.05) is 16.2 Å². The number of carbonyl (C=O) groups is 1. The minimum absolute atomic E-state index is 0.0293. The van der Waals surface area contributed by atoms with Crippen molar-refractivity contribution in [2.24, 2.45) is 0 Å². The summed E-state index contributed by atoms with van der Waals surface area (Å²) in [5.74, 6) is -0.458. The van der Waals surface area contributed by atoms with Crippen molar-refractivity contribution < 1.29 is 13.2 Å². The summed E-state index contributed by atoms with van der Waals surface area (Å²) >= 11 is 0. The molecule has 0 bridgehead atoms. The van der Waals surface area contributed by atoms with Crippen LogP contribution in [0.3, 0.4) is 0 Å². The molecule has 1 amide bonds. The Hall–Kier alpha value is -3.63. The normalized spacial score (nSPS) is 10.8. The standard InChI is InChI=1S/C22H19N3O3S/c1-2-25(20-11-4-3-5-12-20)29(27,28)21-13-7-9-18(15-21)22(26)24-19-10-6-8-17(14-19)16-23/h3-15H,2H2,1H3,(H,24,26). The molecule has 29 heavy (non-hydrogen) atoms. The second-order valence-electron chi connectivity index (χ2n) is 6.18. The van der Waals surface area contributed by atoms with Gasteiger partial charge in [0.25, 0.3) is 15.9 Å². The molecule has 0 aromatic heterocycles. The lowest BCUT2D eigenvalue weighted by atomic mass is 10.2. The Morgan fingerprint density at radius 1 is 1.00 bits per heavy atom. The van der Waals surface area contributed by atoms with Gasteiger partial charge in [0.05, 0.1) is 22.2 Å². The van der Waals surface area contributed by atoms with Crippen LogP contribution in [0.2, 0.25) is 0 Å². The van der Waals surface area contributed by atoms with E-state index in [9.17, 15) is 13.2 Å². The Kier molecular flexibility index (Phi) is 5.96. The SMILES string of the molecule is CCN(c1ccccc1)S(=O)(=O)c1cccc(C(=O)Nc2cccc(C#N)c2)c1. The van der Waals surface area contributed by atoms with Crippen LogP contribution in [-0.4, -0.2) is 20.9 Å². The van der Waals surface area contributed by atoms with E-state index in [0.29, 0.717) is 16.9 Å². The highest BCUT2D eigenvalue weighted by Crippen LogP contribution is 2.24. The number of hydrogen-bond acceptors (Lipinski definition) is 4. The average molecular weight is 405 g/mol. The lowest BCUT2D eigenvalue weighted by Crippen LogP contribution is -2.30. The highest BCUT2D eigenvalue weighted by molar-refractivity contribution is 7.92. The summed E-state index contributed by atoms with van der Waals surface area (Å²) in [5, 5.41) is 11.7. The van der Waals surface area contributed by atoms with E-state index in [1.54, 1.807) is 61.5 Å². The molecule has 0 aliphatic carbocycles. The first-order valence-electron chi connectivity index (χ1n) is 8.95. The number of hydrogen-bond donors (Lipinski definition) is 1. The van der Waals surface area contributed by atoms with Crippen molar-refractivity contribution in [1.82, 2.24) is 0 Å². The lowest BCUT2D eigenvalue weighted by molar-refractivity contribution is 0.102. The first-order chi connectivity index (χ1) is 14.0. The van der Waals surface area contributed by atoms with Gasteiger partial charge in [-0.1, -0.05) is 30.3 Å². The molecule has 0 unspecified atom stereocenters. The second kappa shape index (κ2) is 8.59. The van der Waals surface area contributed by atoms with E-state index in [1.807, 2.05) is 12.1 Å². The summed E-state index contributed by atoms with van der Waals surface area (Å²) in [5.41, 5.74) is 1.64. The molecule has 3 aromatic rings. The van der Waals surface area contributed by atoms with Gasteiger partial charge < -0.3 is 5.32 Å². The van der Waals surface area contributed by atoms with Crippen LogP contribution in [0.1, 0.15) is 22.8 Å². The molecule has 0 heterocycles. The molecule has 6 nitrogen and oxygen atoms in total. The van der Waals surface area contributed by atoms with Crippen LogP contribution in [0, 0.1) is 11.3 Å². The molecule has 0 saturated carbocycles. The molecule has 3 aromatic carbocycles. The monoisotopic (exact) mass is 405 g/mol. The molecule has 0 spiro atoms. The maximum atomic E-state index is 13.1. The Balaban J connectivity index is 1.90. The molecule has 0 aliphatic rings. The highest BCUT2D eigenvalue weighted by atomic mass is 32.2. The van der Waals surface area contributed by atoms with Crippen molar-refractivity contribution in [2.45, 2.75) is 11.8 Å². The third-order valence-corrected chi connectivity index (χ3v) is 6.16. The highest BCUT2D eigenvalue weighted by Gasteiger charge is 2.24. The number of carbonyl (C=O) groups excluding carboxylic acids is 1. The summed E-state index contributed by atoms with van der Waals surface area (Å²) in [6, 6.07) is 23.2. The van der Waals surface area contributed by atoms with Crippen LogP contribution < -0.4 is 9.62 Å². The number of sulfonamides is 1. The number of nitrogens with one attached hydrogen (secondary N) is 1. The molecule has 146 valence electrons. The number of rotatable bonds is 6. The summed E-state index contributed by atoms with van der Waals surface area (Å²) in [6.45, 7) is 2.01. The number of anilines is 2. The maximum Gasteiger partial charge on any atom is 0.264 e. The van der Waals surface area contributed by atoms with Gasteiger partial charge in [-0.05, 0) is 55.5 Å². The van der Waals surface area contributed by atoms with Crippen molar-refractivity contribution >= 4 is 27.3 Å². The number of benzene rings is 3. The summed E-state index contributed by atoms with van der Waals surface area (Å²) in [6.07, 6.45) is 0. The lowest BCUT2D eigenvalue weighted by Gasteiger charge is -2.23. The van der Waals surface area contributed by atoms with E-state index in [0.717, 1.165) is 0 Å². The van der Waals surface area contributed by atoms with Crippen molar-refractivity contribution in [1.29, 1.82) is 5.26 Å². The molecule has 7 heteroatoms. The van der Waals surface area contributed by atoms with Crippen LogP contribution >= 0.6 is 0 Å². The molecular formula is C22H19N3O3S. The van der Waals surface area contributed by atoms with Gasteiger partial charge in [-0.2, -0.15) is 5.26 Å². The summed E-state index contributed by atoms with van der Waals surface area (Å²) in [4.78, 5) is 12.6. The Bertz CT molecular complexity index is 1170. The second-order valence-corrected chi connectivity index (χ2v) is 8.04. The van der Waals surface area contributed by atoms with Crippen molar-refractivity contribution in [3.8, 4) is 6.07 Å². The maximum absolute atomic E-state index is 13.1. The van der Waals surface area contributed by atoms with Crippen molar-refractivity contribution in [3.05, 3.63) is 90.0 Å². The van der Waals surface area contributed by atoms with E-state index in [1.165, 1.54) is 22.5 Å². The van der Waals surface area contributed by atoms with E-state index in [4.69, 9.17) is 5.26 Å². The van der Waals surface area contributed by atoms with Crippen molar-refractivity contribution in [3.63, 3.8) is 0 Å². The minimum atomic E-state index is -3.83. The van der Waals surface area contributed by atoms with Gasteiger partial charge in [-0.15, -0.1) is 0 Å². The zero-order valence-electron chi connectivity index (χ0n) is 15.7. The molecule has 3 rings (SSSR count). The van der Waals surface area contributed by atoms with E-state index in [-0.39, 0.29) is 17.0 Å². The predicted octanol–water partition coefficient (Wildman–Crippen LogP) is 4.03. The van der Waals surface area contributed by atoms with E-state index < -0.39 is 15.9 Å². The van der Waals surface area contributed by atoms with Gasteiger partial charge in [-0.3, -0.25) is 9.10 Å². The molecule has 0 aliphatic heterocycles. The molecule has 0 fully saturated rings. The first-order valence-corrected chi connectivity index (χ1v) is 10.4. The quantitative estimate of drug-likeness (QED) is 0.670. The first kappa shape index (κ1) is 20.1. The number of amides is 1. The van der Waals surface area contributed by atoms with Gasteiger partial charge in [0, 0.05) is 17.8 Å². The molecule has 0 radical (unpaired) electrons. The molecular weight excluding hydrogens is 386 g/mol. The van der Waals surface area contributed by atoms with Gasteiger partial charge in [-0.25, -0.2) is 8.42 Å². The van der Waals surface area contributed by atoms with Crippen LogP contribution in [0.5, 0.6) is 0 Å². The average Bonchev–Trinajstić information content (AvgIpc) is 2.75. The summed E-state index contributed by atoms with van der Waals surface area (Å²) < 4.78 is 27.6. The third kappa shape index (κ3) is 4.45. The predicted molar refractivity (Wildman–Crippen MR) is 112 cm³/mol. The summed E-state index contributed by atoms with van der Waals surface area (Å²) in [7, 11) is -3.83. The molecule has 0 atom stereocenters. The largest absolute Gasteiger partial charge is 0.322 e. The van der Waals surface area contributed by atoms with Crippen LogP contribution in [0.25, 0.3) is 0 Å². The van der Waals surface area contributed by atoms with Gasteiger partial charge >= 0.3 is 0 Å². The number of para-hydroxylation sites is 1. The Labute approximate surface area is 170 Å². The van der Waals surface area contributed by atoms with Crippen LogP contribution in [0.15, 0.2) is 83.8 Å². The van der Waals surface area contributed by atoms with Crippen LogP contribution in [0.4, 0.5) is 11.4 Å². The van der Waals surface area contributed by atoms with E-state index >= 15 is 0 Å². The molecule has 0 saturated heterocycles. The fourth-order valence-electron chi connectivity index (χ4n) is 2.88. The smallest absolute Gasteiger partial charge is 0.264 e. The Morgan fingerprint density at radius 3 is 2.41 bits per heavy atom. The van der Waals surface area contributed by atoms with Crippen LogP contribution in [-0.2, 0) is 10.0 Å². The fraction of sp³-hybridized carbons (Fsp3) is 0.0909. The van der Waals surface area contributed by atoms with E-state index in [2.05, 4.69) is 5.32 Å². The minimum Gasteiger partial charge on any atom is -0.322 e. The Morgan fingerprint density at radius 2 is 1.72 bits per heavy atom.